The molecule has 1 aromatic rings. The summed E-state index contributed by atoms with van der Waals surface area (Å²) >= 11 is 0. The van der Waals surface area contributed by atoms with Crippen LogP contribution in [0.15, 0.2) is 24.3 Å². The van der Waals surface area contributed by atoms with Crippen LogP contribution in [0.2, 0.25) is 0 Å². The third-order valence-electron chi connectivity index (χ3n) is 5.90. The molecule has 0 spiro atoms. The molecule has 2 heterocycles. The van der Waals surface area contributed by atoms with Gasteiger partial charge in [0.2, 0.25) is 5.91 Å². The summed E-state index contributed by atoms with van der Waals surface area (Å²) in [6, 6.07) is 6.10. The summed E-state index contributed by atoms with van der Waals surface area (Å²) < 4.78 is 13.1. The van der Waals surface area contributed by atoms with Gasteiger partial charge in [0.15, 0.2) is 5.60 Å². The number of aliphatic hydroxyl groups is 1. The lowest BCUT2D eigenvalue weighted by Crippen LogP contribution is -2.58. The molecular weight excluding hydrogens is 361 g/mol. The SMILES string of the molecule is CC(=O)N1CCC(CNCC2(O)CCCN(Cc3ccc(F)cc3)C2=O)CC1. The Balaban J connectivity index is 1.48. The molecule has 2 saturated heterocycles. The Hall–Kier alpha value is -1.99. The number of carbonyl (C=O) groups is 2. The number of hydrogen-bond donors (Lipinski definition) is 2. The summed E-state index contributed by atoms with van der Waals surface area (Å²) in [5, 5.41) is 14.2. The van der Waals surface area contributed by atoms with Crippen molar-refractivity contribution >= 4 is 11.8 Å². The van der Waals surface area contributed by atoms with Crippen LogP contribution in [0.3, 0.4) is 0 Å². The lowest BCUT2D eigenvalue weighted by atomic mass is 9.90. The van der Waals surface area contributed by atoms with E-state index < -0.39 is 5.60 Å². The summed E-state index contributed by atoms with van der Waals surface area (Å²) in [4.78, 5) is 27.8. The molecule has 3 rings (SSSR count). The van der Waals surface area contributed by atoms with Crippen molar-refractivity contribution in [1.82, 2.24) is 15.1 Å². The van der Waals surface area contributed by atoms with E-state index in [1.54, 1.807) is 24.0 Å². The van der Waals surface area contributed by atoms with Crippen molar-refractivity contribution in [2.24, 2.45) is 5.92 Å². The fourth-order valence-corrected chi connectivity index (χ4v) is 4.13. The Morgan fingerprint density at radius 1 is 1.25 bits per heavy atom. The number of rotatable bonds is 6. The highest BCUT2D eigenvalue weighted by molar-refractivity contribution is 5.86. The van der Waals surface area contributed by atoms with Gasteiger partial charge in [-0.05, 0) is 55.8 Å². The van der Waals surface area contributed by atoms with E-state index in [1.165, 1.54) is 12.1 Å². The second kappa shape index (κ2) is 9.01. The second-order valence-electron chi connectivity index (χ2n) is 8.07. The average molecular weight is 391 g/mol. The predicted molar refractivity (Wildman–Crippen MR) is 104 cm³/mol. The van der Waals surface area contributed by atoms with Crippen molar-refractivity contribution in [3.05, 3.63) is 35.6 Å². The highest BCUT2D eigenvalue weighted by Crippen LogP contribution is 2.24. The van der Waals surface area contributed by atoms with Crippen molar-refractivity contribution in [1.29, 1.82) is 0 Å². The molecule has 154 valence electrons. The Labute approximate surface area is 165 Å². The number of hydrogen-bond acceptors (Lipinski definition) is 4. The smallest absolute Gasteiger partial charge is 0.256 e. The van der Waals surface area contributed by atoms with Gasteiger partial charge < -0.3 is 20.2 Å². The fraction of sp³-hybridized carbons (Fsp3) is 0.619. The van der Waals surface area contributed by atoms with E-state index >= 15 is 0 Å². The van der Waals surface area contributed by atoms with Crippen LogP contribution < -0.4 is 5.32 Å². The molecular formula is C21H30FN3O3. The lowest BCUT2D eigenvalue weighted by molar-refractivity contribution is -0.157. The molecule has 7 heteroatoms. The summed E-state index contributed by atoms with van der Waals surface area (Å²) in [6.45, 7) is 5.10. The van der Waals surface area contributed by atoms with Gasteiger partial charge in [0.25, 0.3) is 5.91 Å². The number of carbonyl (C=O) groups excluding carboxylic acids is 2. The standard InChI is InChI=1S/C21H30FN3O3/c1-16(26)24-11-7-17(8-12-24)13-23-15-21(28)9-2-10-25(20(21)27)14-18-3-5-19(22)6-4-18/h3-6,17,23,28H,2,7-15H2,1H3. The number of nitrogens with one attached hydrogen (secondary N) is 1. The molecule has 2 amide bonds. The molecule has 2 N–H and O–H groups in total. The normalized spacial score (nSPS) is 23.9. The number of halogens is 1. The van der Waals surface area contributed by atoms with E-state index in [2.05, 4.69) is 5.32 Å². The summed E-state index contributed by atoms with van der Waals surface area (Å²) in [5.74, 6) is 0.00788. The maximum atomic E-state index is 13.1. The molecule has 0 aromatic heterocycles. The monoisotopic (exact) mass is 391 g/mol. The van der Waals surface area contributed by atoms with E-state index in [4.69, 9.17) is 0 Å². The average Bonchev–Trinajstić information content (AvgIpc) is 2.68. The Kier molecular flexibility index (Phi) is 6.67. The first-order valence-corrected chi connectivity index (χ1v) is 10.1. The topological polar surface area (TPSA) is 72.9 Å². The van der Waals surface area contributed by atoms with Crippen molar-refractivity contribution in [2.75, 3.05) is 32.7 Å². The van der Waals surface area contributed by atoms with Crippen LogP contribution in [-0.2, 0) is 16.1 Å². The molecule has 1 atom stereocenters. The Bertz CT molecular complexity index is 689. The minimum absolute atomic E-state index is 0.120. The molecule has 0 aliphatic carbocycles. The Morgan fingerprint density at radius 2 is 1.93 bits per heavy atom. The molecule has 6 nitrogen and oxygen atoms in total. The van der Waals surface area contributed by atoms with E-state index in [1.807, 2.05) is 4.90 Å². The van der Waals surface area contributed by atoms with Gasteiger partial charge in [-0.3, -0.25) is 9.59 Å². The van der Waals surface area contributed by atoms with E-state index in [0.29, 0.717) is 25.4 Å². The fourth-order valence-electron chi connectivity index (χ4n) is 4.13. The second-order valence-corrected chi connectivity index (χ2v) is 8.07. The van der Waals surface area contributed by atoms with Crippen molar-refractivity contribution in [2.45, 2.75) is 44.8 Å². The Morgan fingerprint density at radius 3 is 2.57 bits per heavy atom. The van der Waals surface area contributed by atoms with Crippen molar-refractivity contribution in [3.8, 4) is 0 Å². The zero-order valence-corrected chi connectivity index (χ0v) is 16.5. The first-order chi connectivity index (χ1) is 13.4. The molecule has 2 fully saturated rings. The first-order valence-electron chi connectivity index (χ1n) is 10.1. The van der Waals surface area contributed by atoms with Crippen LogP contribution in [0, 0.1) is 11.7 Å². The molecule has 0 bridgehead atoms. The molecule has 1 aromatic carbocycles. The van der Waals surface area contributed by atoms with E-state index in [9.17, 15) is 19.1 Å². The quantitative estimate of drug-likeness (QED) is 0.771. The van der Waals surface area contributed by atoms with Gasteiger partial charge in [-0.25, -0.2) is 4.39 Å². The third-order valence-corrected chi connectivity index (χ3v) is 5.90. The zero-order chi connectivity index (χ0) is 20.1. The van der Waals surface area contributed by atoms with Crippen LogP contribution in [0.25, 0.3) is 0 Å². The predicted octanol–water partition coefficient (Wildman–Crippen LogP) is 1.53. The largest absolute Gasteiger partial charge is 0.379 e. The van der Waals surface area contributed by atoms with Gasteiger partial charge in [0.1, 0.15) is 5.82 Å². The van der Waals surface area contributed by atoms with E-state index in [0.717, 1.165) is 44.5 Å². The van der Waals surface area contributed by atoms with E-state index in [-0.39, 0.29) is 24.2 Å². The third kappa shape index (κ3) is 5.08. The molecule has 28 heavy (non-hydrogen) atoms. The van der Waals surface area contributed by atoms with Crippen LogP contribution >= 0.6 is 0 Å². The first kappa shape index (κ1) is 20.7. The van der Waals surface area contributed by atoms with Crippen LogP contribution in [0.5, 0.6) is 0 Å². The van der Waals surface area contributed by atoms with Gasteiger partial charge in [0.05, 0.1) is 0 Å². The van der Waals surface area contributed by atoms with Crippen LogP contribution in [0.1, 0.15) is 38.2 Å². The number of nitrogens with zero attached hydrogens (tertiary/aromatic N) is 2. The minimum Gasteiger partial charge on any atom is -0.379 e. The van der Waals surface area contributed by atoms with Crippen molar-refractivity contribution in [3.63, 3.8) is 0 Å². The minimum atomic E-state index is -1.39. The maximum absolute atomic E-state index is 13.1. The molecule has 2 aliphatic heterocycles. The van der Waals surface area contributed by atoms with Gasteiger partial charge in [-0.2, -0.15) is 0 Å². The highest BCUT2D eigenvalue weighted by Gasteiger charge is 2.41. The highest BCUT2D eigenvalue weighted by atomic mass is 19.1. The zero-order valence-electron chi connectivity index (χ0n) is 16.5. The van der Waals surface area contributed by atoms with Crippen LogP contribution in [0.4, 0.5) is 4.39 Å². The molecule has 1 unspecified atom stereocenters. The van der Waals surface area contributed by atoms with Gasteiger partial charge in [-0.15, -0.1) is 0 Å². The molecule has 0 saturated carbocycles. The number of likely N-dealkylation sites (tertiary alicyclic amines) is 2. The lowest BCUT2D eigenvalue weighted by Gasteiger charge is -2.39. The maximum Gasteiger partial charge on any atom is 0.256 e. The number of benzene rings is 1. The number of amides is 2. The molecule has 0 radical (unpaired) electrons. The van der Waals surface area contributed by atoms with Crippen molar-refractivity contribution < 1.29 is 19.1 Å². The van der Waals surface area contributed by atoms with Gasteiger partial charge in [0, 0.05) is 39.6 Å². The van der Waals surface area contributed by atoms with Crippen LogP contribution in [-0.4, -0.2) is 65.0 Å². The summed E-state index contributed by atoms with van der Waals surface area (Å²) in [6.07, 6.45) is 3.06. The summed E-state index contributed by atoms with van der Waals surface area (Å²) in [7, 11) is 0. The van der Waals surface area contributed by atoms with Gasteiger partial charge in [-0.1, -0.05) is 12.1 Å². The van der Waals surface area contributed by atoms with Gasteiger partial charge >= 0.3 is 0 Å². The number of piperidine rings is 2. The molecule has 2 aliphatic rings. The summed E-state index contributed by atoms with van der Waals surface area (Å²) in [5.41, 5.74) is -0.539.